The van der Waals surface area contributed by atoms with E-state index in [4.69, 9.17) is 10.2 Å². The Balaban J connectivity index is 2.85. The molecule has 13 heavy (non-hydrogen) atoms. The van der Waals surface area contributed by atoms with E-state index in [1.54, 1.807) is 0 Å². The Hall–Kier alpha value is -1.34. The van der Waals surface area contributed by atoms with Gasteiger partial charge < -0.3 is 10.2 Å². The third-order valence-electron chi connectivity index (χ3n) is 1.38. The molecule has 1 atom stereocenters. The number of hydrogen-bond donors (Lipinski definition) is 3. The largest absolute Gasteiger partial charge is 0.479 e. The van der Waals surface area contributed by atoms with Crippen molar-refractivity contribution in [2.24, 2.45) is 0 Å². The van der Waals surface area contributed by atoms with Gasteiger partial charge in [0.15, 0.2) is 6.10 Å². The molecule has 0 radical (unpaired) electrons. The molecule has 0 bridgehead atoms. The second kappa shape index (κ2) is 3.19. The summed E-state index contributed by atoms with van der Waals surface area (Å²) in [5.41, 5.74) is -0.0117. The van der Waals surface area contributed by atoms with Gasteiger partial charge in [0.2, 0.25) is 0 Å². The van der Waals surface area contributed by atoms with Gasteiger partial charge >= 0.3 is 5.97 Å². The van der Waals surface area contributed by atoms with Gasteiger partial charge in [0, 0.05) is 11.8 Å². The van der Waals surface area contributed by atoms with Crippen LogP contribution in [0.15, 0.2) is 23.3 Å². The number of sulfonamides is 1. The predicted molar refractivity (Wildman–Crippen MR) is 42.9 cm³/mol. The first-order chi connectivity index (χ1) is 5.92. The van der Waals surface area contributed by atoms with E-state index in [1.807, 2.05) is 4.72 Å². The van der Waals surface area contributed by atoms with Gasteiger partial charge in [0.05, 0.1) is 5.41 Å². The van der Waals surface area contributed by atoms with Crippen LogP contribution in [-0.2, 0) is 14.8 Å². The number of carboxylic acids is 1. The van der Waals surface area contributed by atoms with Gasteiger partial charge in [-0.1, -0.05) is 0 Å². The lowest BCUT2D eigenvalue weighted by Gasteiger charge is -2.11. The van der Waals surface area contributed by atoms with Crippen molar-refractivity contribution in [3.63, 3.8) is 0 Å². The number of carboxylic acid groups (broad SMARTS) is 1. The first kappa shape index (κ1) is 9.75. The number of aliphatic carboxylic acids is 1. The van der Waals surface area contributed by atoms with Crippen molar-refractivity contribution in [2.45, 2.75) is 6.10 Å². The minimum Gasteiger partial charge on any atom is -0.479 e. The van der Waals surface area contributed by atoms with Crippen LogP contribution < -0.4 is 4.72 Å². The van der Waals surface area contributed by atoms with Gasteiger partial charge in [-0.15, -0.1) is 0 Å². The van der Waals surface area contributed by atoms with Crippen LogP contribution >= 0.6 is 0 Å². The first-order valence-electron chi connectivity index (χ1n) is 3.24. The van der Waals surface area contributed by atoms with Crippen molar-refractivity contribution < 1.29 is 23.4 Å². The highest BCUT2D eigenvalue weighted by Gasteiger charge is 2.20. The zero-order valence-corrected chi connectivity index (χ0v) is 7.15. The molecular weight excluding hydrogens is 198 g/mol. The normalized spacial score (nSPS) is 21.5. The van der Waals surface area contributed by atoms with Gasteiger partial charge in [-0.3, -0.25) is 4.72 Å². The molecule has 1 aliphatic rings. The van der Waals surface area contributed by atoms with Crippen LogP contribution in [-0.4, -0.2) is 30.7 Å². The summed E-state index contributed by atoms with van der Waals surface area (Å²) in [5, 5.41) is 18.1. The molecule has 1 rings (SSSR count). The van der Waals surface area contributed by atoms with E-state index >= 15 is 0 Å². The van der Waals surface area contributed by atoms with E-state index in [-0.39, 0.29) is 5.57 Å². The second-order valence-electron chi connectivity index (χ2n) is 2.35. The maximum atomic E-state index is 10.7. The molecule has 0 saturated carbocycles. The Kier molecular flexibility index (Phi) is 2.39. The standard InChI is InChI=1S/C6H7NO5S/c8-5(6(9)10)4-1-2-13(11,12)7-3-4/h1-3,5,7-8H,(H,9,10). The van der Waals surface area contributed by atoms with Gasteiger partial charge in [0.25, 0.3) is 10.0 Å². The fourth-order valence-corrected chi connectivity index (χ4v) is 1.43. The van der Waals surface area contributed by atoms with E-state index in [1.165, 1.54) is 0 Å². The summed E-state index contributed by atoms with van der Waals surface area (Å²) >= 11 is 0. The highest BCUT2D eigenvalue weighted by atomic mass is 32.2. The topological polar surface area (TPSA) is 104 Å². The van der Waals surface area contributed by atoms with Crippen LogP contribution in [0.4, 0.5) is 0 Å². The average Bonchev–Trinajstić information content (AvgIpc) is 2.03. The quantitative estimate of drug-likeness (QED) is 0.523. The number of aliphatic hydroxyl groups is 1. The summed E-state index contributed by atoms with van der Waals surface area (Å²) in [4.78, 5) is 10.3. The number of hydrogen-bond acceptors (Lipinski definition) is 4. The van der Waals surface area contributed by atoms with Gasteiger partial charge in [-0.25, -0.2) is 13.2 Å². The lowest BCUT2D eigenvalue weighted by Crippen LogP contribution is -2.26. The summed E-state index contributed by atoms with van der Waals surface area (Å²) in [6, 6.07) is 0. The molecule has 0 saturated heterocycles. The molecule has 0 fully saturated rings. The van der Waals surface area contributed by atoms with E-state index in [9.17, 15) is 13.2 Å². The minimum atomic E-state index is -3.49. The van der Waals surface area contributed by atoms with Crippen molar-refractivity contribution in [3.8, 4) is 0 Å². The maximum absolute atomic E-state index is 10.7. The van der Waals surface area contributed by atoms with Crippen LogP contribution in [0.3, 0.4) is 0 Å². The Morgan fingerprint density at radius 3 is 2.54 bits per heavy atom. The molecule has 6 nitrogen and oxygen atoms in total. The molecule has 0 aromatic heterocycles. The van der Waals surface area contributed by atoms with E-state index in [0.717, 1.165) is 17.7 Å². The number of carbonyl (C=O) groups is 1. The Bertz CT molecular complexity index is 380. The van der Waals surface area contributed by atoms with Crippen LogP contribution in [0.25, 0.3) is 0 Å². The van der Waals surface area contributed by atoms with Crippen molar-refractivity contribution in [1.82, 2.24) is 4.72 Å². The average molecular weight is 205 g/mol. The molecule has 0 amide bonds. The van der Waals surface area contributed by atoms with Crippen molar-refractivity contribution in [3.05, 3.63) is 23.3 Å². The Morgan fingerprint density at radius 1 is 1.54 bits per heavy atom. The fraction of sp³-hybridized carbons (Fsp3) is 0.167. The SMILES string of the molecule is O=C(O)C(O)C1=CNS(=O)(=O)C=C1. The van der Waals surface area contributed by atoms with Crippen LogP contribution in [0.1, 0.15) is 0 Å². The molecule has 1 unspecified atom stereocenters. The summed E-state index contributed by atoms with van der Waals surface area (Å²) in [5.74, 6) is -1.43. The third kappa shape index (κ3) is 2.30. The molecule has 72 valence electrons. The third-order valence-corrected chi connectivity index (χ3v) is 2.32. The molecule has 1 aliphatic heterocycles. The first-order valence-corrected chi connectivity index (χ1v) is 4.78. The van der Waals surface area contributed by atoms with Crippen molar-refractivity contribution in [1.29, 1.82) is 0 Å². The minimum absolute atomic E-state index is 0.0117. The van der Waals surface area contributed by atoms with Gasteiger partial charge in [0.1, 0.15) is 0 Å². The Morgan fingerprint density at radius 2 is 2.15 bits per heavy atom. The van der Waals surface area contributed by atoms with Gasteiger partial charge in [-0.05, 0) is 6.08 Å². The molecular formula is C6H7NO5S. The zero-order valence-electron chi connectivity index (χ0n) is 6.34. The van der Waals surface area contributed by atoms with Crippen LogP contribution in [0, 0.1) is 0 Å². The zero-order chi connectivity index (χ0) is 10.1. The summed E-state index contributed by atoms with van der Waals surface area (Å²) in [6.07, 6.45) is 0.262. The van der Waals surface area contributed by atoms with Crippen molar-refractivity contribution >= 4 is 16.0 Å². The van der Waals surface area contributed by atoms with E-state index < -0.39 is 22.1 Å². The van der Waals surface area contributed by atoms with Crippen molar-refractivity contribution in [2.75, 3.05) is 0 Å². The molecule has 1 heterocycles. The predicted octanol–water partition coefficient (Wildman–Crippen LogP) is -1.24. The number of rotatable bonds is 2. The second-order valence-corrected chi connectivity index (χ2v) is 3.95. The highest BCUT2D eigenvalue weighted by molar-refractivity contribution is 7.92. The van der Waals surface area contributed by atoms with Crippen LogP contribution in [0.5, 0.6) is 0 Å². The smallest absolute Gasteiger partial charge is 0.337 e. The number of aliphatic hydroxyl groups excluding tert-OH is 1. The maximum Gasteiger partial charge on any atom is 0.337 e. The molecule has 0 spiro atoms. The molecule has 7 heteroatoms. The van der Waals surface area contributed by atoms with Crippen LogP contribution in [0.2, 0.25) is 0 Å². The fourth-order valence-electron chi connectivity index (χ4n) is 0.718. The summed E-state index contributed by atoms with van der Waals surface area (Å²) in [6.45, 7) is 0. The van der Waals surface area contributed by atoms with E-state index in [2.05, 4.69) is 0 Å². The lowest BCUT2D eigenvalue weighted by molar-refractivity contribution is -0.144. The molecule has 0 aromatic carbocycles. The van der Waals surface area contributed by atoms with Gasteiger partial charge in [-0.2, -0.15) is 0 Å². The molecule has 0 aromatic rings. The lowest BCUT2D eigenvalue weighted by atomic mass is 10.1. The highest BCUT2D eigenvalue weighted by Crippen LogP contribution is 2.09. The Labute approximate surface area is 74.2 Å². The monoisotopic (exact) mass is 205 g/mol. The summed E-state index contributed by atoms with van der Waals surface area (Å²) < 4.78 is 23.4. The summed E-state index contributed by atoms with van der Waals surface area (Å²) in [7, 11) is -3.49. The molecule has 0 aliphatic carbocycles. The number of nitrogens with one attached hydrogen (secondary N) is 1. The van der Waals surface area contributed by atoms with E-state index in [0.29, 0.717) is 0 Å². The molecule has 3 N–H and O–H groups in total.